The zero-order chi connectivity index (χ0) is 16.1. The molecule has 1 aromatic rings. The van der Waals surface area contributed by atoms with Crippen LogP contribution >= 0.6 is 0 Å². The van der Waals surface area contributed by atoms with Crippen molar-refractivity contribution in [3.8, 4) is 0 Å². The number of likely N-dealkylation sites (N-methyl/N-ethyl adjacent to an activating group) is 1. The summed E-state index contributed by atoms with van der Waals surface area (Å²) >= 11 is 0. The second-order valence-corrected chi connectivity index (χ2v) is 6.07. The maximum absolute atomic E-state index is 12.6. The fraction of sp³-hybridized carbons (Fsp3) is 0.529. The first kappa shape index (κ1) is 16.5. The number of likely N-dealkylation sites (tertiary alicyclic amines) is 1. The van der Waals surface area contributed by atoms with Gasteiger partial charge in [-0.25, -0.2) is 0 Å². The van der Waals surface area contributed by atoms with E-state index in [-0.39, 0.29) is 23.8 Å². The Morgan fingerprint density at radius 1 is 1.27 bits per heavy atom. The number of primary amides is 1. The van der Waals surface area contributed by atoms with E-state index in [1.807, 2.05) is 44.3 Å². The number of rotatable bonds is 5. The van der Waals surface area contributed by atoms with Crippen molar-refractivity contribution in [2.45, 2.75) is 32.4 Å². The van der Waals surface area contributed by atoms with Gasteiger partial charge in [0, 0.05) is 19.5 Å². The largest absolute Gasteiger partial charge is 0.369 e. The summed E-state index contributed by atoms with van der Waals surface area (Å²) in [6, 6.07) is 9.80. The van der Waals surface area contributed by atoms with Crippen LogP contribution in [0.15, 0.2) is 30.3 Å². The van der Waals surface area contributed by atoms with Gasteiger partial charge in [0.1, 0.15) is 0 Å². The third kappa shape index (κ3) is 4.07. The maximum atomic E-state index is 12.6. The topological polar surface area (TPSA) is 66.6 Å². The molecule has 0 aliphatic carbocycles. The summed E-state index contributed by atoms with van der Waals surface area (Å²) in [4.78, 5) is 27.7. The predicted octanol–water partition coefficient (Wildman–Crippen LogP) is 1.23. The minimum Gasteiger partial charge on any atom is -0.369 e. The quantitative estimate of drug-likeness (QED) is 0.889. The summed E-state index contributed by atoms with van der Waals surface area (Å²) < 4.78 is 0. The molecule has 120 valence electrons. The van der Waals surface area contributed by atoms with E-state index in [1.165, 1.54) is 0 Å². The summed E-state index contributed by atoms with van der Waals surface area (Å²) in [5.74, 6) is -0.151. The molecule has 0 radical (unpaired) electrons. The standard InChI is InChI=1S/C17H25N3O2/c1-13(20-10-8-15(9-11-20)16(18)21)17(22)19(2)12-14-6-4-3-5-7-14/h3-7,13,15H,8-12H2,1-2H3,(H2,18,21)/t13-/m1/s1. The highest BCUT2D eigenvalue weighted by Gasteiger charge is 2.29. The fourth-order valence-electron chi connectivity index (χ4n) is 2.98. The summed E-state index contributed by atoms with van der Waals surface area (Å²) in [5, 5.41) is 0. The molecule has 22 heavy (non-hydrogen) atoms. The number of nitrogens with zero attached hydrogens (tertiary/aromatic N) is 2. The van der Waals surface area contributed by atoms with Crippen molar-refractivity contribution >= 4 is 11.8 Å². The van der Waals surface area contributed by atoms with E-state index in [0.29, 0.717) is 6.54 Å². The van der Waals surface area contributed by atoms with E-state index in [9.17, 15) is 9.59 Å². The summed E-state index contributed by atoms with van der Waals surface area (Å²) in [6.07, 6.45) is 1.49. The lowest BCUT2D eigenvalue weighted by molar-refractivity contribution is -0.136. The minimum atomic E-state index is -0.222. The highest BCUT2D eigenvalue weighted by Crippen LogP contribution is 2.19. The zero-order valence-corrected chi connectivity index (χ0v) is 13.4. The Labute approximate surface area is 132 Å². The van der Waals surface area contributed by atoms with E-state index in [2.05, 4.69) is 4.90 Å². The van der Waals surface area contributed by atoms with Gasteiger partial charge in [-0.15, -0.1) is 0 Å². The molecule has 1 saturated heterocycles. The van der Waals surface area contributed by atoms with E-state index in [4.69, 9.17) is 5.73 Å². The molecule has 2 rings (SSSR count). The Morgan fingerprint density at radius 2 is 1.86 bits per heavy atom. The lowest BCUT2D eigenvalue weighted by Gasteiger charge is -2.35. The molecule has 1 aliphatic heterocycles. The van der Waals surface area contributed by atoms with Crippen molar-refractivity contribution in [1.29, 1.82) is 0 Å². The zero-order valence-electron chi connectivity index (χ0n) is 13.4. The van der Waals surface area contributed by atoms with Gasteiger partial charge in [0.25, 0.3) is 0 Å². The van der Waals surface area contributed by atoms with Gasteiger partial charge in [-0.1, -0.05) is 30.3 Å². The van der Waals surface area contributed by atoms with Crippen LogP contribution in [-0.4, -0.2) is 47.8 Å². The molecule has 0 unspecified atom stereocenters. The number of hydrogen-bond donors (Lipinski definition) is 1. The van der Waals surface area contributed by atoms with Crippen molar-refractivity contribution in [3.63, 3.8) is 0 Å². The number of carbonyl (C=O) groups is 2. The van der Waals surface area contributed by atoms with Gasteiger partial charge in [0.05, 0.1) is 6.04 Å². The monoisotopic (exact) mass is 303 g/mol. The number of benzene rings is 1. The van der Waals surface area contributed by atoms with Crippen LogP contribution < -0.4 is 5.73 Å². The van der Waals surface area contributed by atoms with Crippen LogP contribution in [0.2, 0.25) is 0 Å². The van der Waals surface area contributed by atoms with Gasteiger partial charge in [-0.3, -0.25) is 14.5 Å². The van der Waals surface area contributed by atoms with E-state index in [0.717, 1.165) is 31.5 Å². The van der Waals surface area contributed by atoms with Crippen LogP contribution in [-0.2, 0) is 16.1 Å². The molecule has 2 N–H and O–H groups in total. The molecule has 1 aliphatic rings. The number of hydrogen-bond acceptors (Lipinski definition) is 3. The summed E-state index contributed by atoms with van der Waals surface area (Å²) in [7, 11) is 1.84. The normalized spacial score (nSPS) is 17.9. The van der Waals surface area contributed by atoms with Gasteiger partial charge in [0.2, 0.25) is 11.8 Å². The third-order valence-corrected chi connectivity index (χ3v) is 4.48. The van der Waals surface area contributed by atoms with Crippen molar-refractivity contribution in [1.82, 2.24) is 9.80 Å². The Morgan fingerprint density at radius 3 is 2.41 bits per heavy atom. The van der Waals surface area contributed by atoms with Crippen LogP contribution in [0.4, 0.5) is 0 Å². The molecule has 1 fully saturated rings. The first-order valence-electron chi connectivity index (χ1n) is 7.81. The average molecular weight is 303 g/mol. The number of carbonyl (C=O) groups excluding carboxylic acids is 2. The van der Waals surface area contributed by atoms with Crippen molar-refractivity contribution in [2.24, 2.45) is 11.7 Å². The van der Waals surface area contributed by atoms with E-state index >= 15 is 0 Å². The Kier molecular flexibility index (Phi) is 5.55. The van der Waals surface area contributed by atoms with E-state index < -0.39 is 0 Å². The molecule has 5 nitrogen and oxygen atoms in total. The smallest absolute Gasteiger partial charge is 0.239 e. The Hall–Kier alpha value is -1.88. The molecule has 5 heteroatoms. The molecular weight excluding hydrogens is 278 g/mol. The SMILES string of the molecule is C[C@H](C(=O)N(C)Cc1ccccc1)N1CCC(C(N)=O)CC1. The summed E-state index contributed by atoms with van der Waals surface area (Å²) in [5.41, 5.74) is 6.47. The van der Waals surface area contributed by atoms with E-state index in [1.54, 1.807) is 4.90 Å². The van der Waals surface area contributed by atoms with Crippen molar-refractivity contribution < 1.29 is 9.59 Å². The van der Waals surface area contributed by atoms with Crippen LogP contribution in [0.1, 0.15) is 25.3 Å². The third-order valence-electron chi connectivity index (χ3n) is 4.48. The number of amides is 2. The Balaban J connectivity index is 1.88. The molecule has 0 spiro atoms. The lowest BCUT2D eigenvalue weighted by atomic mass is 9.95. The number of piperidine rings is 1. The average Bonchev–Trinajstić information content (AvgIpc) is 2.54. The van der Waals surface area contributed by atoms with Crippen LogP contribution in [0, 0.1) is 5.92 Å². The lowest BCUT2D eigenvalue weighted by Crippen LogP contribution is -2.49. The van der Waals surface area contributed by atoms with Crippen LogP contribution in [0.5, 0.6) is 0 Å². The van der Waals surface area contributed by atoms with Gasteiger partial charge in [-0.05, 0) is 38.4 Å². The molecule has 1 atom stereocenters. The second-order valence-electron chi connectivity index (χ2n) is 6.07. The van der Waals surface area contributed by atoms with Crippen LogP contribution in [0.3, 0.4) is 0 Å². The van der Waals surface area contributed by atoms with Crippen LogP contribution in [0.25, 0.3) is 0 Å². The first-order valence-corrected chi connectivity index (χ1v) is 7.81. The highest BCUT2D eigenvalue weighted by molar-refractivity contribution is 5.81. The molecule has 0 bridgehead atoms. The first-order chi connectivity index (χ1) is 10.5. The van der Waals surface area contributed by atoms with Gasteiger partial charge < -0.3 is 10.6 Å². The maximum Gasteiger partial charge on any atom is 0.239 e. The molecule has 2 amide bonds. The molecule has 1 heterocycles. The van der Waals surface area contributed by atoms with Gasteiger partial charge in [0.15, 0.2) is 0 Å². The molecule has 0 aromatic heterocycles. The van der Waals surface area contributed by atoms with Crippen molar-refractivity contribution in [2.75, 3.05) is 20.1 Å². The predicted molar refractivity (Wildman–Crippen MR) is 85.9 cm³/mol. The molecular formula is C17H25N3O2. The second kappa shape index (κ2) is 7.40. The Bertz CT molecular complexity index is 510. The minimum absolute atomic E-state index is 0.0411. The fourth-order valence-corrected chi connectivity index (χ4v) is 2.98. The summed E-state index contributed by atoms with van der Waals surface area (Å²) in [6.45, 7) is 4.05. The van der Waals surface area contributed by atoms with Gasteiger partial charge in [-0.2, -0.15) is 0 Å². The van der Waals surface area contributed by atoms with Crippen molar-refractivity contribution in [3.05, 3.63) is 35.9 Å². The highest BCUT2D eigenvalue weighted by atomic mass is 16.2. The molecule has 1 aromatic carbocycles. The number of nitrogens with two attached hydrogens (primary N) is 1. The molecule has 0 saturated carbocycles. The van der Waals surface area contributed by atoms with Gasteiger partial charge >= 0.3 is 0 Å².